The van der Waals surface area contributed by atoms with Crippen molar-refractivity contribution in [3.05, 3.63) is 47.5 Å². The lowest BCUT2D eigenvalue weighted by atomic mass is 10.0. The molecule has 2 aromatic carbocycles. The molecule has 0 N–H and O–H groups in total. The van der Waals surface area contributed by atoms with Crippen molar-refractivity contribution in [2.24, 2.45) is 0 Å². The van der Waals surface area contributed by atoms with Crippen molar-refractivity contribution in [1.29, 1.82) is 0 Å². The smallest absolute Gasteiger partial charge is 0.338 e. The fraction of sp³-hybridized carbons (Fsp3) is 0.455. The van der Waals surface area contributed by atoms with Crippen molar-refractivity contribution in [3.63, 3.8) is 0 Å². The van der Waals surface area contributed by atoms with Crippen LogP contribution >= 0.6 is 0 Å². The van der Waals surface area contributed by atoms with Gasteiger partial charge in [-0.15, -0.1) is 0 Å². The van der Waals surface area contributed by atoms with Gasteiger partial charge in [0.15, 0.2) is 0 Å². The summed E-state index contributed by atoms with van der Waals surface area (Å²) in [5.41, 5.74) is 1.05. The molecule has 0 bridgehead atoms. The second-order valence-corrected chi connectivity index (χ2v) is 6.43. The molecule has 2 rings (SSSR count). The maximum atomic E-state index is 12.5. The molecule has 140 valence electrons. The van der Waals surface area contributed by atoms with Gasteiger partial charge in [0, 0.05) is 0 Å². The van der Waals surface area contributed by atoms with Crippen LogP contribution in [0.3, 0.4) is 0 Å². The molecule has 1 atom stereocenters. The van der Waals surface area contributed by atoms with E-state index in [1.54, 1.807) is 25.1 Å². The summed E-state index contributed by atoms with van der Waals surface area (Å²) < 4.78 is 10.7. The summed E-state index contributed by atoms with van der Waals surface area (Å²) in [7, 11) is 0. The van der Waals surface area contributed by atoms with Crippen molar-refractivity contribution in [2.45, 2.75) is 59.0 Å². The molecule has 0 spiro atoms. The Morgan fingerprint density at radius 1 is 0.885 bits per heavy atom. The quantitative estimate of drug-likeness (QED) is 0.438. The van der Waals surface area contributed by atoms with E-state index in [4.69, 9.17) is 9.47 Å². The van der Waals surface area contributed by atoms with Gasteiger partial charge >= 0.3 is 11.9 Å². The number of fused-ring (bicyclic) bond motifs is 1. The van der Waals surface area contributed by atoms with Gasteiger partial charge in [-0.25, -0.2) is 9.59 Å². The molecule has 0 amide bonds. The first-order valence-corrected chi connectivity index (χ1v) is 9.50. The molecule has 0 saturated heterocycles. The summed E-state index contributed by atoms with van der Waals surface area (Å²) in [6.07, 6.45) is 5.10. The number of benzene rings is 2. The number of unbranched alkanes of at least 4 members (excludes halogenated alkanes) is 2. The summed E-state index contributed by atoms with van der Waals surface area (Å²) in [4.78, 5) is 24.3. The molecule has 4 heteroatoms. The fourth-order valence-corrected chi connectivity index (χ4v) is 2.90. The average Bonchev–Trinajstić information content (AvgIpc) is 2.66. The Morgan fingerprint density at radius 2 is 1.50 bits per heavy atom. The highest BCUT2D eigenvalue weighted by Crippen LogP contribution is 2.20. The highest BCUT2D eigenvalue weighted by molar-refractivity contribution is 5.99. The standard InChI is InChI=1S/C22H28O4/c1-4-7-8-9-20(5-2)26-22(24)19-13-11-16-14-18(21(23)25-6-3)12-10-17(16)15-19/h10-15,20H,4-9H2,1-3H3. The van der Waals surface area contributed by atoms with Crippen LogP contribution < -0.4 is 0 Å². The van der Waals surface area contributed by atoms with Gasteiger partial charge in [0.25, 0.3) is 0 Å². The van der Waals surface area contributed by atoms with Crippen molar-refractivity contribution < 1.29 is 19.1 Å². The summed E-state index contributed by atoms with van der Waals surface area (Å²) >= 11 is 0. The molecule has 26 heavy (non-hydrogen) atoms. The average molecular weight is 356 g/mol. The molecule has 1 unspecified atom stereocenters. The van der Waals surface area contributed by atoms with Gasteiger partial charge in [0.05, 0.1) is 17.7 Å². The number of carbonyl (C=O) groups excluding carboxylic acids is 2. The Kier molecular flexibility index (Phi) is 7.64. The Balaban J connectivity index is 2.11. The lowest BCUT2D eigenvalue weighted by Crippen LogP contribution is -2.17. The summed E-state index contributed by atoms with van der Waals surface area (Å²) in [6.45, 7) is 6.33. The SMILES string of the molecule is CCCCCC(CC)OC(=O)c1ccc2cc(C(=O)OCC)ccc2c1. The van der Waals surface area contributed by atoms with Crippen LogP contribution in [0.5, 0.6) is 0 Å². The first-order chi connectivity index (χ1) is 12.6. The van der Waals surface area contributed by atoms with E-state index in [0.29, 0.717) is 17.7 Å². The van der Waals surface area contributed by atoms with Crippen LogP contribution in [0.2, 0.25) is 0 Å². The zero-order valence-corrected chi connectivity index (χ0v) is 15.9. The van der Waals surface area contributed by atoms with Gasteiger partial charge < -0.3 is 9.47 Å². The predicted molar refractivity (Wildman–Crippen MR) is 104 cm³/mol. The molecule has 2 aromatic rings. The van der Waals surface area contributed by atoms with Crippen molar-refractivity contribution in [2.75, 3.05) is 6.61 Å². The van der Waals surface area contributed by atoms with E-state index in [0.717, 1.165) is 42.9 Å². The minimum Gasteiger partial charge on any atom is -0.462 e. The zero-order valence-electron chi connectivity index (χ0n) is 15.9. The second-order valence-electron chi connectivity index (χ2n) is 6.43. The van der Waals surface area contributed by atoms with Crippen LogP contribution in [0.25, 0.3) is 10.8 Å². The van der Waals surface area contributed by atoms with Crippen LogP contribution in [-0.2, 0) is 9.47 Å². The minimum atomic E-state index is -0.337. The lowest BCUT2D eigenvalue weighted by molar-refractivity contribution is 0.0267. The topological polar surface area (TPSA) is 52.6 Å². The van der Waals surface area contributed by atoms with Gasteiger partial charge in [-0.05, 0) is 61.2 Å². The third-order valence-corrected chi connectivity index (χ3v) is 4.45. The summed E-state index contributed by atoms with van der Waals surface area (Å²) in [5, 5.41) is 1.79. The third-order valence-electron chi connectivity index (χ3n) is 4.45. The molecule has 0 radical (unpaired) electrons. The predicted octanol–water partition coefficient (Wildman–Crippen LogP) is 5.53. The van der Waals surface area contributed by atoms with Gasteiger partial charge in [-0.3, -0.25) is 0 Å². The van der Waals surface area contributed by atoms with Crippen LogP contribution in [0.1, 0.15) is 73.6 Å². The summed E-state index contributed by atoms with van der Waals surface area (Å²) in [6, 6.07) is 10.7. The molecular formula is C22H28O4. The van der Waals surface area contributed by atoms with Crippen molar-refractivity contribution in [3.8, 4) is 0 Å². The highest BCUT2D eigenvalue weighted by Gasteiger charge is 2.15. The molecule has 0 aliphatic heterocycles. The van der Waals surface area contributed by atoms with E-state index >= 15 is 0 Å². The second kappa shape index (κ2) is 9.95. The molecule has 4 nitrogen and oxygen atoms in total. The van der Waals surface area contributed by atoms with Gasteiger partial charge in [0.1, 0.15) is 6.10 Å². The zero-order chi connectivity index (χ0) is 18.9. The number of carbonyl (C=O) groups is 2. The third kappa shape index (κ3) is 5.32. The Morgan fingerprint density at radius 3 is 2.04 bits per heavy atom. The number of rotatable bonds is 9. The van der Waals surface area contributed by atoms with E-state index < -0.39 is 0 Å². The van der Waals surface area contributed by atoms with Gasteiger partial charge in [0.2, 0.25) is 0 Å². The van der Waals surface area contributed by atoms with E-state index in [2.05, 4.69) is 6.92 Å². The Hall–Kier alpha value is -2.36. The van der Waals surface area contributed by atoms with Gasteiger partial charge in [-0.1, -0.05) is 38.8 Å². The molecule has 0 fully saturated rings. The summed E-state index contributed by atoms with van der Waals surface area (Å²) in [5.74, 6) is -0.625. The number of hydrogen-bond donors (Lipinski definition) is 0. The van der Waals surface area contributed by atoms with Crippen LogP contribution in [0.4, 0.5) is 0 Å². The van der Waals surface area contributed by atoms with E-state index in [1.165, 1.54) is 0 Å². The van der Waals surface area contributed by atoms with Gasteiger partial charge in [-0.2, -0.15) is 0 Å². The van der Waals surface area contributed by atoms with Crippen molar-refractivity contribution >= 4 is 22.7 Å². The molecule has 0 aliphatic rings. The van der Waals surface area contributed by atoms with Crippen LogP contribution in [0.15, 0.2) is 36.4 Å². The first-order valence-electron chi connectivity index (χ1n) is 9.50. The fourth-order valence-electron chi connectivity index (χ4n) is 2.90. The Labute approximate surface area is 155 Å². The highest BCUT2D eigenvalue weighted by atomic mass is 16.5. The largest absolute Gasteiger partial charge is 0.462 e. The molecule has 0 saturated carbocycles. The first kappa shape index (κ1) is 20.0. The molecular weight excluding hydrogens is 328 g/mol. The van der Waals surface area contributed by atoms with Crippen LogP contribution in [-0.4, -0.2) is 24.6 Å². The molecule has 0 heterocycles. The van der Waals surface area contributed by atoms with E-state index in [1.807, 2.05) is 25.1 Å². The number of esters is 2. The molecule has 0 aromatic heterocycles. The van der Waals surface area contributed by atoms with Crippen LogP contribution in [0, 0.1) is 0 Å². The maximum absolute atomic E-state index is 12.5. The monoisotopic (exact) mass is 356 g/mol. The molecule has 0 aliphatic carbocycles. The lowest BCUT2D eigenvalue weighted by Gasteiger charge is -2.16. The van der Waals surface area contributed by atoms with E-state index in [9.17, 15) is 9.59 Å². The number of ether oxygens (including phenoxy) is 2. The van der Waals surface area contributed by atoms with E-state index in [-0.39, 0.29) is 18.0 Å². The van der Waals surface area contributed by atoms with Crippen molar-refractivity contribution in [1.82, 2.24) is 0 Å². The number of hydrogen-bond acceptors (Lipinski definition) is 4. The maximum Gasteiger partial charge on any atom is 0.338 e. The minimum absolute atomic E-state index is 0.0315. The normalized spacial score (nSPS) is 12.0. The Bertz CT molecular complexity index is 751.